The summed E-state index contributed by atoms with van der Waals surface area (Å²) in [6.45, 7) is 6.37. The maximum absolute atomic E-state index is 12.7. The zero-order chi connectivity index (χ0) is 23.5. The molecule has 0 radical (unpaired) electrons. The topological polar surface area (TPSA) is 83.1 Å². The molecule has 168 valence electrons. The summed E-state index contributed by atoms with van der Waals surface area (Å²) in [7, 11) is 0. The second kappa shape index (κ2) is 9.60. The maximum Gasteiger partial charge on any atom is 0.321 e. The average Bonchev–Trinajstić information content (AvgIpc) is 3.17. The molecule has 0 spiro atoms. The van der Waals surface area contributed by atoms with E-state index in [1.165, 1.54) is 16.9 Å². The third kappa shape index (κ3) is 5.32. The van der Waals surface area contributed by atoms with Gasteiger partial charge in [0.1, 0.15) is 0 Å². The van der Waals surface area contributed by atoms with Gasteiger partial charge in [0.15, 0.2) is 5.13 Å². The molecule has 0 saturated heterocycles. The van der Waals surface area contributed by atoms with Gasteiger partial charge in [-0.15, -0.1) is 0 Å². The fourth-order valence-electron chi connectivity index (χ4n) is 3.46. The van der Waals surface area contributed by atoms with Gasteiger partial charge < -0.3 is 10.6 Å². The largest absolute Gasteiger partial charge is 0.334 e. The van der Waals surface area contributed by atoms with Gasteiger partial charge in [-0.1, -0.05) is 58.8 Å². The van der Waals surface area contributed by atoms with Gasteiger partial charge in [0, 0.05) is 12.1 Å². The molecule has 3 amide bonds. The van der Waals surface area contributed by atoms with Crippen LogP contribution in [0.1, 0.15) is 32.6 Å². The Kier molecular flexibility index (Phi) is 6.62. The van der Waals surface area contributed by atoms with Crippen LogP contribution in [0.2, 0.25) is 5.02 Å². The Morgan fingerprint density at radius 3 is 2.55 bits per heavy atom. The molecule has 0 aliphatic heterocycles. The first-order valence-corrected chi connectivity index (χ1v) is 11.6. The quantitative estimate of drug-likeness (QED) is 0.308. The lowest BCUT2D eigenvalue weighted by molar-refractivity contribution is 0.102. The van der Waals surface area contributed by atoms with E-state index in [4.69, 9.17) is 11.6 Å². The van der Waals surface area contributed by atoms with E-state index >= 15 is 0 Å². The normalized spacial score (nSPS) is 10.8. The Bertz CT molecular complexity index is 1350. The van der Waals surface area contributed by atoms with E-state index in [9.17, 15) is 9.59 Å². The van der Waals surface area contributed by atoms with Crippen molar-refractivity contribution in [3.8, 4) is 0 Å². The summed E-state index contributed by atoms with van der Waals surface area (Å²) in [5.74, 6) is -0.262. The van der Waals surface area contributed by atoms with Crippen LogP contribution in [0.15, 0.2) is 54.6 Å². The molecule has 1 aromatic heterocycles. The number of hydrogen-bond acceptors (Lipinski definition) is 4. The number of nitrogens with one attached hydrogen (secondary N) is 3. The van der Waals surface area contributed by atoms with Crippen molar-refractivity contribution in [3.63, 3.8) is 0 Å². The first-order chi connectivity index (χ1) is 15.8. The number of thiazole rings is 1. The predicted molar refractivity (Wildman–Crippen MR) is 136 cm³/mol. The van der Waals surface area contributed by atoms with Crippen LogP contribution in [0, 0.1) is 20.8 Å². The van der Waals surface area contributed by atoms with E-state index in [0.29, 0.717) is 33.5 Å². The smallest absolute Gasteiger partial charge is 0.321 e. The number of aromatic nitrogens is 1. The molecule has 0 saturated carbocycles. The van der Waals surface area contributed by atoms with E-state index in [2.05, 4.69) is 27.0 Å². The molecule has 0 aliphatic rings. The van der Waals surface area contributed by atoms with Crippen molar-refractivity contribution in [1.29, 1.82) is 0 Å². The van der Waals surface area contributed by atoms with Gasteiger partial charge in [0.05, 0.1) is 20.9 Å². The summed E-state index contributed by atoms with van der Waals surface area (Å²) in [6, 6.07) is 16.5. The molecule has 8 heteroatoms. The number of amides is 3. The van der Waals surface area contributed by atoms with Crippen LogP contribution in [0.5, 0.6) is 0 Å². The highest BCUT2D eigenvalue weighted by Gasteiger charge is 2.14. The molecule has 1 heterocycles. The molecule has 0 fully saturated rings. The first kappa shape index (κ1) is 22.8. The van der Waals surface area contributed by atoms with Gasteiger partial charge in [-0.05, 0) is 61.7 Å². The Labute approximate surface area is 201 Å². The van der Waals surface area contributed by atoms with Crippen LogP contribution >= 0.6 is 22.9 Å². The van der Waals surface area contributed by atoms with Crippen LogP contribution in [0.3, 0.4) is 0 Å². The van der Waals surface area contributed by atoms with Gasteiger partial charge in [0.25, 0.3) is 5.91 Å². The van der Waals surface area contributed by atoms with Crippen molar-refractivity contribution in [3.05, 3.63) is 87.4 Å². The van der Waals surface area contributed by atoms with Crippen molar-refractivity contribution < 1.29 is 9.59 Å². The van der Waals surface area contributed by atoms with Gasteiger partial charge in [0.2, 0.25) is 0 Å². The minimum atomic E-state index is -0.332. The average molecular weight is 479 g/mol. The Hall–Kier alpha value is -3.42. The number of carbonyl (C=O) groups excluding carboxylic acids is 2. The molecule has 33 heavy (non-hydrogen) atoms. The highest BCUT2D eigenvalue weighted by atomic mass is 35.5. The Balaban J connectivity index is 1.43. The second-order valence-corrected chi connectivity index (χ2v) is 9.26. The zero-order valence-corrected chi connectivity index (χ0v) is 20.0. The lowest BCUT2D eigenvalue weighted by Gasteiger charge is -2.10. The Morgan fingerprint density at radius 1 is 0.970 bits per heavy atom. The number of aryl methyl sites for hydroxylation is 3. The van der Waals surface area contributed by atoms with Gasteiger partial charge in [-0.2, -0.15) is 0 Å². The number of benzene rings is 3. The van der Waals surface area contributed by atoms with E-state index in [1.54, 1.807) is 24.3 Å². The minimum Gasteiger partial charge on any atom is -0.334 e. The van der Waals surface area contributed by atoms with E-state index in [1.807, 2.05) is 45.0 Å². The van der Waals surface area contributed by atoms with Crippen molar-refractivity contribution in [2.45, 2.75) is 27.3 Å². The molecule has 0 bridgehead atoms. The third-order valence-electron chi connectivity index (χ3n) is 5.27. The van der Waals surface area contributed by atoms with Crippen LogP contribution in [0.4, 0.5) is 15.6 Å². The minimum absolute atomic E-state index is 0.262. The Morgan fingerprint density at radius 2 is 1.79 bits per heavy atom. The fraction of sp³-hybridized carbons (Fsp3) is 0.160. The van der Waals surface area contributed by atoms with Crippen molar-refractivity contribution >= 4 is 55.9 Å². The first-order valence-electron chi connectivity index (χ1n) is 10.4. The molecular weight excluding hydrogens is 456 g/mol. The predicted octanol–water partition coefficient (Wildman–Crippen LogP) is 6.45. The zero-order valence-electron chi connectivity index (χ0n) is 18.5. The summed E-state index contributed by atoms with van der Waals surface area (Å²) in [4.78, 5) is 29.5. The fourth-order valence-corrected chi connectivity index (χ4v) is 4.63. The highest BCUT2D eigenvalue weighted by molar-refractivity contribution is 7.22. The molecule has 6 nitrogen and oxygen atoms in total. The molecule has 4 rings (SSSR count). The molecule has 0 aliphatic carbocycles. The van der Waals surface area contributed by atoms with Crippen molar-refractivity contribution in [2.75, 3.05) is 10.6 Å². The number of rotatable bonds is 5. The van der Waals surface area contributed by atoms with Crippen molar-refractivity contribution in [2.24, 2.45) is 0 Å². The number of anilines is 2. The summed E-state index contributed by atoms with van der Waals surface area (Å²) in [6.07, 6.45) is 0. The van der Waals surface area contributed by atoms with Gasteiger partial charge in [-0.25, -0.2) is 9.78 Å². The molecule has 4 aromatic rings. The van der Waals surface area contributed by atoms with Gasteiger partial charge in [-0.3, -0.25) is 10.1 Å². The van der Waals surface area contributed by atoms with Crippen LogP contribution in [0.25, 0.3) is 10.2 Å². The number of nitrogens with zero attached hydrogens (tertiary/aromatic N) is 1. The second-order valence-electron chi connectivity index (χ2n) is 7.82. The van der Waals surface area contributed by atoms with Crippen molar-refractivity contribution in [1.82, 2.24) is 10.3 Å². The van der Waals surface area contributed by atoms with Crippen LogP contribution in [-0.2, 0) is 6.54 Å². The molecule has 0 atom stereocenters. The van der Waals surface area contributed by atoms with Gasteiger partial charge >= 0.3 is 6.03 Å². The van der Waals surface area contributed by atoms with E-state index in [-0.39, 0.29) is 11.9 Å². The van der Waals surface area contributed by atoms with Crippen LogP contribution < -0.4 is 16.0 Å². The monoisotopic (exact) mass is 478 g/mol. The summed E-state index contributed by atoms with van der Waals surface area (Å²) >= 11 is 7.53. The number of hydrogen-bond donors (Lipinski definition) is 3. The molecular formula is C25H23ClN4O2S. The number of urea groups is 1. The van der Waals surface area contributed by atoms with E-state index < -0.39 is 0 Å². The summed E-state index contributed by atoms with van der Waals surface area (Å²) < 4.78 is 0.795. The SMILES string of the molecule is Cc1ccc(CNC(=O)Nc2nc3ccc(C(=O)Nc4c(C)cccc4Cl)cc3s2)c(C)c1. The third-order valence-corrected chi connectivity index (χ3v) is 6.52. The number of halogens is 1. The number of para-hydroxylation sites is 1. The molecule has 0 unspecified atom stereocenters. The highest BCUT2D eigenvalue weighted by Crippen LogP contribution is 2.29. The van der Waals surface area contributed by atoms with Crippen LogP contribution in [-0.4, -0.2) is 16.9 Å². The lowest BCUT2D eigenvalue weighted by Crippen LogP contribution is -2.28. The molecule has 3 aromatic carbocycles. The maximum atomic E-state index is 12.7. The van der Waals surface area contributed by atoms with E-state index in [0.717, 1.165) is 21.4 Å². The number of fused-ring (bicyclic) bond motifs is 1. The summed E-state index contributed by atoms with van der Waals surface area (Å²) in [5, 5.41) is 9.45. The lowest BCUT2D eigenvalue weighted by atomic mass is 10.1. The standard InChI is InChI=1S/C25H23ClN4O2S/c1-14-7-8-18(16(3)11-14)13-27-24(32)30-25-28-20-10-9-17(12-21(20)33-25)23(31)29-22-15(2)5-4-6-19(22)26/h4-12H,13H2,1-3H3,(H,29,31)(H2,27,28,30,32). The molecule has 3 N–H and O–H groups in total. The summed E-state index contributed by atoms with van der Waals surface area (Å²) in [5.41, 5.74) is 6.04. The number of carbonyl (C=O) groups is 2.